The van der Waals surface area contributed by atoms with E-state index in [1.165, 1.54) is 46.8 Å². The molecular weight excluding hydrogens is 271 g/mol. The lowest BCUT2D eigenvalue weighted by Crippen LogP contribution is -2.47. The second-order valence-corrected chi connectivity index (χ2v) is 5.14. The van der Waals surface area contributed by atoms with E-state index in [0.29, 0.717) is 17.3 Å². The van der Waals surface area contributed by atoms with Gasteiger partial charge in [-0.2, -0.15) is 0 Å². The predicted octanol–water partition coefficient (Wildman–Crippen LogP) is 1.84. The van der Waals surface area contributed by atoms with Gasteiger partial charge in [0.05, 0.1) is 5.88 Å². The number of carbonyl (C=O) groups is 2. The van der Waals surface area contributed by atoms with Crippen LogP contribution in [0.2, 0.25) is 0 Å². The molecule has 0 aromatic heterocycles. The maximum atomic E-state index is 13.1. The molecule has 0 saturated carbocycles. The molecule has 1 N–H and O–H groups in total. The highest BCUT2D eigenvalue weighted by Gasteiger charge is 2.36. The molecule has 1 aliphatic rings. The van der Waals surface area contributed by atoms with Crippen molar-refractivity contribution < 1.29 is 19.1 Å². The lowest BCUT2D eigenvalue weighted by Gasteiger charge is -2.27. The van der Waals surface area contributed by atoms with Crippen molar-refractivity contribution in [3.05, 3.63) is 30.1 Å². The summed E-state index contributed by atoms with van der Waals surface area (Å²) in [4.78, 5) is 25.8. The number of halogens is 1. The van der Waals surface area contributed by atoms with Crippen LogP contribution in [0.3, 0.4) is 0 Å². The summed E-state index contributed by atoms with van der Waals surface area (Å²) in [6, 6.07) is 4.35. The molecule has 2 rings (SSSR count). The average Bonchev–Trinajstić information content (AvgIpc) is 2.86. The average molecular weight is 284 g/mol. The number of hydrogen-bond donors (Lipinski definition) is 1. The van der Waals surface area contributed by atoms with Gasteiger partial charge in [-0.3, -0.25) is 4.90 Å². The van der Waals surface area contributed by atoms with Crippen LogP contribution in [0.15, 0.2) is 24.3 Å². The fourth-order valence-corrected chi connectivity index (χ4v) is 2.96. The number of carbonyl (C=O) groups excluding carboxylic acids is 1. The number of anilines is 1. The van der Waals surface area contributed by atoms with E-state index in [1.54, 1.807) is 6.07 Å². The fourth-order valence-electron chi connectivity index (χ4n) is 1.82. The third-order valence-electron chi connectivity index (χ3n) is 2.90. The van der Waals surface area contributed by atoms with Gasteiger partial charge in [-0.25, -0.2) is 14.0 Å². The third kappa shape index (κ3) is 2.81. The standard InChI is InChI=1S/C12H13FN2O3S/c1-14(9-4-2-3-8(13)5-9)12(18)15-7-19-6-10(15)11(16)17/h2-5,10H,6-7H2,1H3,(H,16,17)/t10-/m0/s1. The molecule has 19 heavy (non-hydrogen) atoms. The molecule has 7 heteroatoms. The van der Waals surface area contributed by atoms with Crippen molar-refractivity contribution in [2.75, 3.05) is 23.6 Å². The van der Waals surface area contributed by atoms with Crippen LogP contribution in [-0.4, -0.2) is 46.7 Å². The van der Waals surface area contributed by atoms with Gasteiger partial charge in [0.25, 0.3) is 0 Å². The highest BCUT2D eigenvalue weighted by molar-refractivity contribution is 7.99. The maximum absolute atomic E-state index is 13.1. The minimum absolute atomic E-state index is 0.329. The van der Waals surface area contributed by atoms with E-state index in [1.807, 2.05) is 0 Å². The van der Waals surface area contributed by atoms with E-state index in [-0.39, 0.29) is 0 Å². The van der Waals surface area contributed by atoms with Gasteiger partial charge < -0.3 is 10.0 Å². The molecule has 102 valence electrons. The molecule has 1 atom stereocenters. The molecule has 1 fully saturated rings. The van der Waals surface area contributed by atoms with Crippen molar-refractivity contribution in [1.29, 1.82) is 0 Å². The Kier molecular flexibility index (Phi) is 3.94. The van der Waals surface area contributed by atoms with E-state index in [2.05, 4.69) is 0 Å². The summed E-state index contributed by atoms with van der Waals surface area (Å²) in [6.45, 7) is 0. The van der Waals surface area contributed by atoms with Crippen molar-refractivity contribution in [2.45, 2.75) is 6.04 Å². The summed E-state index contributed by atoms with van der Waals surface area (Å²) < 4.78 is 13.1. The highest BCUT2D eigenvalue weighted by Crippen LogP contribution is 2.24. The topological polar surface area (TPSA) is 60.9 Å². The Bertz CT molecular complexity index is 512. The molecule has 0 unspecified atom stereocenters. The minimum Gasteiger partial charge on any atom is -0.480 e. The number of hydrogen-bond acceptors (Lipinski definition) is 3. The molecule has 0 bridgehead atoms. The maximum Gasteiger partial charge on any atom is 0.327 e. The number of urea groups is 1. The van der Waals surface area contributed by atoms with Gasteiger partial charge >= 0.3 is 12.0 Å². The van der Waals surface area contributed by atoms with Crippen molar-refractivity contribution in [1.82, 2.24) is 4.90 Å². The van der Waals surface area contributed by atoms with Gasteiger partial charge in [-0.05, 0) is 18.2 Å². The van der Waals surface area contributed by atoms with Crippen molar-refractivity contribution in [3.8, 4) is 0 Å². The summed E-state index contributed by atoms with van der Waals surface area (Å²) in [6.07, 6.45) is 0. The molecule has 1 aliphatic heterocycles. The van der Waals surface area contributed by atoms with Gasteiger partial charge in [0.1, 0.15) is 11.9 Å². The Morgan fingerprint density at radius 3 is 2.89 bits per heavy atom. The zero-order valence-corrected chi connectivity index (χ0v) is 11.1. The first-order valence-electron chi connectivity index (χ1n) is 5.61. The lowest BCUT2D eigenvalue weighted by molar-refractivity contribution is -0.140. The Morgan fingerprint density at radius 1 is 1.53 bits per heavy atom. The second kappa shape index (κ2) is 5.48. The smallest absolute Gasteiger partial charge is 0.327 e. The van der Waals surface area contributed by atoms with Crippen molar-refractivity contribution >= 4 is 29.4 Å². The Balaban J connectivity index is 2.17. The van der Waals surface area contributed by atoms with Gasteiger partial charge in [-0.1, -0.05) is 6.07 Å². The summed E-state index contributed by atoms with van der Waals surface area (Å²) in [5.74, 6) is -0.762. The quantitative estimate of drug-likeness (QED) is 0.900. The molecule has 1 saturated heterocycles. The summed E-state index contributed by atoms with van der Waals surface area (Å²) in [7, 11) is 1.50. The first-order valence-corrected chi connectivity index (χ1v) is 6.76. The van der Waals surface area contributed by atoms with Crippen LogP contribution in [0.4, 0.5) is 14.9 Å². The zero-order valence-electron chi connectivity index (χ0n) is 10.2. The molecule has 0 radical (unpaired) electrons. The number of nitrogens with zero attached hydrogens (tertiary/aromatic N) is 2. The summed E-state index contributed by atoms with van der Waals surface area (Å²) in [5.41, 5.74) is 0.394. The highest BCUT2D eigenvalue weighted by atomic mass is 32.2. The van der Waals surface area contributed by atoms with Crippen LogP contribution < -0.4 is 4.90 Å². The minimum atomic E-state index is -1.02. The third-order valence-corrected chi connectivity index (χ3v) is 3.91. The normalized spacial score (nSPS) is 18.4. The second-order valence-electron chi connectivity index (χ2n) is 4.15. The van der Waals surface area contributed by atoms with Gasteiger partial charge in [0.15, 0.2) is 0 Å². The summed E-state index contributed by atoms with van der Waals surface area (Å²) in [5, 5.41) is 9.04. The number of aliphatic carboxylic acids is 1. The van der Waals surface area contributed by atoms with Gasteiger partial charge in [0.2, 0.25) is 0 Å². The molecule has 2 amide bonds. The summed E-state index contributed by atoms with van der Waals surface area (Å²) >= 11 is 1.39. The number of amides is 2. The molecule has 1 aromatic rings. The van der Waals surface area contributed by atoms with Gasteiger partial charge in [0, 0.05) is 18.5 Å². The van der Waals surface area contributed by atoms with E-state index < -0.39 is 23.9 Å². The van der Waals surface area contributed by atoms with Crippen molar-refractivity contribution in [3.63, 3.8) is 0 Å². The number of rotatable bonds is 2. The Hall–Kier alpha value is -1.76. The van der Waals surface area contributed by atoms with Crippen LogP contribution in [0.5, 0.6) is 0 Å². The number of thioether (sulfide) groups is 1. The first-order chi connectivity index (χ1) is 9.00. The van der Waals surface area contributed by atoms with Crippen LogP contribution in [0.25, 0.3) is 0 Å². The molecule has 5 nitrogen and oxygen atoms in total. The lowest BCUT2D eigenvalue weighted by atomic mass is 10.3. The van der Waals surface area contributed by atoms with E-state index in [9.17, 15) is 14.0 Å². The molecular formula is C12H13FN2O3S. The zero-order chi connectivity index (χ0) is 14.0. The Labute approximate surface area is 114 Å². The van der Waals surface area contributed by atoms with E-state index >= 15 is 0 Å². The molecule has 1 aromatic carbocycles. The van der Waals surface area contributed by atoms with E-state index in [0.717, 1.165) is 0 Å². The molecule has 0 aliphatic carbocycles. The van der Waals surface area contributed by atoms with E-state index in [4.69, 9.17) is 5.11 Å². The largest absolute Gasteiger partial charge is 0.480 e. The van der Waals surface area contributed by atoms with Crippen molar-refractivity contribution in [2.24, 2.45) is 0 Å². The SMILES string of the molecule is CN(C(=O)N1CSC[C@H]1C(=O)O)c1cccc(F)c1. The predicted molar refractivity (Wildman–Crippen MR) is 70.8 cm³/mol. The number of carboxylic acid groups (broad SMARTS) is 1. The first kappa shape index (κ1) is 13.7. The van der Waals surface area contributed by atoms with Crippen LogP contribution in [0.1, 0.15) is 0 Å². The Morgan fingerprint density at radius 2 is 2.26 bits per heavy atom. The van der Waals surface area contributed by atoms with Crippen LogP contribution in [-0.2, 0) is 4.79 Å². The molecule has 0 spiro atoms. The fraction of sp³-hybridized carbons (Fsp3) is 0.333. The number of carboxylic acids is 1. The van der Waals surface area contributed by atoms with Crippen LogP contribution in [0, 0.1) is 5.82 Å². The molecule has 1 heterocycles. The van der Waals surface area contributed by atoms with Gasteiger partial charge in [-0.15, -0.1) is 11.8 Å². The monoisotopic (exact) mass is 284 g/mol. The van der Waals surface area contributed by atoms with Crippen LogP contribution >= 0.6 is 11.8 Å². The number of benzene rings is 1.